The van der Waals surface area contributed by atoms with Crippen LogP contribution in [0.1, 0.15) is 41.0 Å². The van der Waals surface area contributed by atoms with Crippen LogP contribution in [0.3, 0.4) is 0 Å². The Bertz CT molecular complexity index is 612. The number of para-hydroxylation sites is 1. The lowest BCUT2D eigenvalue weighted by Gasteiger charge is -2.62. The van der Waals surface area contributed by atoms with Crippen LogP contribution in [0.15, 0.2) is 35.3 Å². The Labute approximate surface area is 176 Å². The normalized spacial score (nSPS) is 24.0. The van der Waals surface area contributed by atoms with Gasteiger partial charge in [-0.25, -0.2) is 0 Å². The molecule has 0 saturated carbocycles. The molecule has 1 N–H and O–H groups in total. The number of hydrogen-bond donors (Lipinski definition) is 1. The third kappa shape index (κ3) is 4.12. The summed E-state index contributed by atoms with van der Waals surface area (Å²) in [6, 6.07) is 10.7. The van der Waals surface area contributed by atoms with Crippen molar-refractivity contribution < 1.29 is 0 Å². The van der Waals surface area contributed by atoms with E-state index in [0.717, 1.165) is 38.7 Å². The summed E-state index contributed by atoms with van der Waals surface area (Å²) >= 11 is 0. The Morgan fingerprint density at radius 3 is 2.46 bits per heavy atom. The Morgan fingerprint density at radius 2 is 1.88 bits per heavy atom. The Balaban J connectivity index is 0.00000243. The molecular weight excluding hydrogens is 435 g/mol. The monoisotopic (exact) mass is 470 g/mol. The van der Waals surface area contributed by atoms with Crippen LogP contribution in [0.4, 0.5) is 5.69 Å². The van der Waals surface area contributed by atoms with Crippen LogP contribution < -0.4 is 10.2 Å². The van der Waals surface area contributed by atoms with Crippen LogP contribution in [-0.4, -0.2) is 49.1 Å². The van der Waals surface area contributed by atoms with Crippen LogP contribution in [-0.2, 0) is 0 Å². The van der Waals surface area contributed by atoms with Crippen molar-refractivity contribution >= 4 is 35.6 Å². The first-order chi connectivity index (χ1) is 11.8. The Morgan fingerprint density at radius 1 is 1.19 bits per heavy atom. The van der Waals surface area contributed by atoms with Gasteiger partial charge in [0.05, 0.1) is 0 Å². The fourth-order valence-corrected chi connectivity index (χ4v) is 3.87. The van der Waals surface area contributed by atoms with Crippen molar-refractivity contribution in [2.45, 2.75) is 46.6 Å². The molecule has 1 aromatic rings. The molecule has 2 heterocycles. The average Bonchev–Trinajstić information content (AvgIpc) is 3.06. The predicted octanol–water partition coefficient (Wildman–Crippen LogP) is 4.22. The minimum absolute atomic E-state index is 0. The van der Waals surface area contributed by atoms with Gasteiger partial charge in [0, 0.05) is 49.4 Å². The number of aliphatic imine (C=N–C) groups is 1. The van der Waals surface area contributed by atoms with Crippen LogP contribution in [0.25, 0.3) is 0 Å². The second kappa shape index (κ2) is 8.36. The number of anilines is 1. The second-order valence-electron chi connectivity index (χ2n) is 8.66. The first kappa shape index (κ1) is 21.3. The number of benzene rings is 1. The number of nitrogens with one attached hydrogen (secondary N) is 1. The smallest absolute Gasteiger partial charge is 0.194 e. The second-order valence-corrected chi connectivity index (χ2v) is 8.66. The van der Waals surface area contributed by atoms with Gasteiger partial charge in [-0.15, -0.1) is 24.0 Å². The summed E-state index contributed by atoms with van der Waals surface area (Å²) in [6.07, 6.45) is 1.23. The predicted molar refractivity (Wildman–Crippen MR) is 123 cm³/mol. The van der Waals surface area contributed by atoms with Gasteiger partial charge in [-0.1, -0.05) is 32.0 Å². The highest BCUT2D eigenvalue weighted by atomic mass is 127. The fraction of sp³-hybridized carbons (Fsp3) is 0.667. The van der Waals surface area contributed by atoms with Crippen molar-refractivity contribution in [3.05, 3.63) is 30.3 Å². The summed E-state index contributed by atoms with van der Waals surface area (Å²) in [4.78, 5) is 9.95. The van der Waals surface area contributed by atoms with Crippen molar-refractivity contribution in [2.24, 2.45) is 16.3 Å². The molecular formula is C21H35IN4. The highest BCUT2D eigenvalue weighted by Gasteiger charge is 2.53. The largest absolute Gasteiger partial charge is 0.371 e. The van der Waals surface area contributed by atoms with Gasteiger partial charge in [0.15, 0.2) is 5.96 Å². The van der Waals surface area contributed by atoms with Crippen LogP contribution in [0.5, 0.6) is 0 Å². The van der Waals surface area contributed by atoms with Crippen LogP contribution >= 0.6 is 24.0 Å². The molecule has 0 amide bonds. The third-order valence-corrected chi connectivity index (χ3v) is 6.38. The molecule has 2 fully saturated rings. The molecule has 26 heavy (non-hydrogen) atoms. The average molecular weight is 470 g/mol. The molecule has 0 aromatic heterocycles. The molecule has 3 rings (SSSR count). The standard InChI is InChI=1S/C21H34N4.HI/c1-6-22-19(25-16-20(2,3)21(25,4)5)23-14-17-12-13-24(15-17)18-10-8-7-9-11-18;/h7-11,17H,6,12-16H2,1-5H3,(H,22,23);1H. The van der Waals surface area contributed by atoms with Gasteiger partial charge in [-0.2, -0.15) is 0 Å². The number of halogens is 1. The zero-order valence-corrected chi connectivity index (χ0v) is 19.3. The van der Waals surface area contributed by atoms with E-state index in [2.05, 4.69) is 80.1 Å². The van der Waals surface area contributed by atoms with E-state index in [1.807, 2.05) is 0 Å². The molecule has 0 aliphatic carbocycles. The molecule has 4 nitrogen and oxygen atoms in total. The maximum atomic E-state index is 5.01. The minimum atomic E-state index is 0. The summed E-state index contributed by atoms with van der Waals surface area (Å²) in [5.74, 6) is 1.73. The van der Waals surface area contributed by atoms with Gasteiger partial charge < -0.3 is 15.1 Å². The molecule has 2 aliphatic rings. The van der Waals surface area contributed by atoms with Gasteiger partial charge in [-0.3, -0.25) is 4.99 Å². The maximum absolute atomic E-state index is 5.01. The van der Waals surface area contributed by atoms with Crippen LogP contribution in [0, 0.1) is 11.3 Å². The summed E-state index contributed by atoms with van der Waals surface area (Å²) in [7, 11) is 0. The third-order valence-electron chi connectivity index (χ3n) is 6.38. The molecule has 1 aromatic carbocycles. The minimum Gasteiger partial charge on any atom is -0.371 e. The number of hydrogen-bond acceptors (Lipinski definition) is 2. The summed E-state index contributed by atoms with van der Waals surface area (Å²) in [5, 5.41) is 3.51. The topological polar surface area (TPSA) is 30.9 Å². The number of likely N-dealkylation sites (tertiary alicyclic amines) is 1. The summed E-state index contributed by atoms with van der Waals surface area (Å²) < 4.78 is 0. The van der Waals surface area contributed by atoms with Crippen molar-refractivity contribution in [2.75, 3.05) is 37.6 Å². The number of guanidine groups is 1. The Kier molecular flexibility index (Phi) is 6.86. The zero-order valence-electron chi connectivity index (χ0n) is 17.0. The molecule has 0 spiro atoms. The van der Waals surface area contributed by atoms with Crippen molar-refractivity contribution in [1.29, 1.82) is 0 Å². The highest BCUT2D eigenvalue weighted by Crippen LogP contribution is 2.46. The lowest BCUT2D eigenvalue weighted by molar-refractivity contribution is -0.0667. The summed E-state index contributed by atoms with van der Waals surface area (Å²) in [5.41, 5.74) is 1.83. The van der Waals surface area contributed by atoms with Gasteiger partial charge in [0.1, 0.15) is 0 Å². The molecule has 0 bridgehead atoms. The van der Waals surface area contributed by atoms with Crippen molar-refractivity contribution in [3.63, 3.8) is 0 Å². The lowest BCUT2D eigenvalue weighted by Crippen LogP contribution is -2.72. The molecule has 2 saturated heterocycles. The SMILES string of the molecule is CCNC(=NCC1CCN(c2ccccc2)C1)N1CC(C)(C)C1(C)C.I. The van der Waals surface area contributed by atoms with E-state index >= 15 is 0 Å². The molecule has 5 heteroatoms. The van der Waals surface area contributed by atoms with Gasteiger partial charge >= 0.3 is 0 Å². The first-order valence-corrected chi connectivity index (χ1v) is 9.71. The van der Waals surface area contributed by atoms with E-state index in [1.54, 1.807) is 0 Å². The summed E-state index contributed by atoms with van der Waals surface area (Å²) in [6.45, 7) is 16.7. The maximum Gasteiger partial charge on any atom is 0.194 e. The van der Waals surface area contributed by atoms with Crippen molar-refractivity contribution in [3.8, 4) is 0 Å². The van der Waals surface area contributed by atoms with E-state index < -0.39 is 0 Å². The van der Waals surface area contributed by atoms with E-state index in [4.69, 9.17) is 4.99 Å². The fourth-order valence-electron chi connectivity index (χ4n) is 3.87. The van der Waals surface area contributed by atoms with E-state index in [9.17, 15) is 0 Å². The van der Waals surface area contributed by atoms with E-state index in [0.29, 0.717) is 11.3 Å². The lowest BCUT2D eigenvalue weighted by atomic mass is 9.65. The quantitative estimate of drug-likeness (QED) is 0.406. The van der Waals surface area contributed by atoms with Crippen LogP contribution in [0.2, 0.25) is 0 Å². The van der Waals surface area contributed by atoms with Gasteiger partial charge in [0.2, 0.25) is 0 Å². The highest BCUT2D eigenvalue weighted by molar-refractivity contribution is 14.0. The molecule has 146 valence electrons. The number of rotatable bonds is 4. The molecule has 1 unspecified atom stereocenters. The van der Waals surface area contributed by atoms with E-state index in [-0.39, 0.29) is 29.5 Å². The molecule has 1 atom stereocenters. The van der Waals surface area contributed by atoms with Gasteiger partial charge in [-0.05, 0) is 45.2 Å². The number of nitrogens with zero attached hydrogens (tertiary/aromatic N) is 3. The molecule has 2 aliphatic heterocycles. The molecule has 0 radical (unpaired) electrons. The zero-order chi connectivity index (χ0) is 18.1. The van der Waals surface area contributed by atoms with Gasteiger partial charge in [0.25, 0.3) is 0 Å². The van der Waals surface area contributed by atoms with E-state index in [1.165, 1.54) is 12.1 Å². The Hall–Kier alpha value is -0.980. The van der Waals surface area contributed by atoms with Crippen molar-refractivity contribution in [1.82, 2.24) is 10.2 Å². The first-order valence-electron chi connectivity index (χ1n) is 9.71.